The summed E-state index contributed by atoms with van der Waals surface area (Å²) in [6, 6.07) is 0. The van der Waals surface area contributed by atoms with E-state index in [4.69, 9.17) is 0 Å². The summed E-state index contributed by atoms with van der Waals surface area (Å²) in [7, 11) is 1.84. The first kappa shape index (κ1) is 9.50. The third-order valence-corrected chi connectivity index (χ3v) is 1.83. The van der Waals surface area contributed by atoms with Gasteiger partial charge < -0.3 is 9.88 Å². The van der Waals surface area contributed by atoms with Crippen molar-refractivity contribution >= 4 is 5.95 Å². The van der Waals surface area contributed by atoms with E-state index < -0.39 is 5.82 Å². The molecule has 0 radical (unpaired) electrons. The highest BCUT2D eigenvalue weighted by molar-refractivity contribution is 5.22. The third kappa shape index (κ3) is 2.25. The van der Waals surface area contributed by atoms with Crippen LogP contribution >= 0.6 is 0 Å². The molecule has 0 saturated heterocycles. The van der Waals surface area contributed by atoms with E-state index in [9.17, 15) is 4.39 Å². The highest BCUT2D eigenvalue weighted by Crippen LogP contribution is 2.00. The van der Waals surface area contributed by atoms with Gasteiger partial charge in [0.1, 0.15) is 6.33 Å². The highest BCUT2D eigenvalue weighted by atomic mass is 19.1. The number of aromatic nitrogens is 5. The van der Waals surface area contributed by atoms with Crippen LogP contribution in [0.4, 0.5) is 10.3 Å². The van der Waals surface area contributed by atoms with Gasteiger partial charge in [0, 0.05) is 7.05 Å². The van der Waals surface area contributed by atoms with Crippen molar-refractivity contribution in [2.75, 3.05) is 5.32 Å². The van der Waals surface area contributed by atoms with Crippen LogP contribution in [0.3, 0.4) is 0 Å². The normalized spacial score (nSPS) is 10.3. The lowest BCUT2D eigenvalue weighted by Gasteiger charge is -2.02. The van der Waals surface area contributed by atoms with Gasteiger partial charge in [0.2, 0.25) is 5.95 Å². The largest absolute Gasteiger partial charge is 0.347 e. The summed E-state index contributed by atoms with van der Waals surface area (Å²) in [5.74, 6) is 0.654. The van der Waals surface area contributed by atoms with Gasteiger partial charge in [0.25, 0.3) is 0 Å². The van der Waals surface area contributed by atoms with Crippen molar-refractivity contribution in [3.05, 3.63) is 30.4 Å². The molecule has 2 aromatic heterocycles. The molecule has 0 fully saturated rings. The molecule has 6 nitrogen and oxygen atoms in total. The van der Waals surface area contributed by atoms with Crippen molar-refractivity contribution in [3.63, 3.8) is 0 Å². The Morgan fingerprint density at radius 2 is 2.13 bits per heavy atom. The minimum atomic E-state index is -0.459. The Bertz CT molecular complexity index is 437. The molecule has 0 aliphatic rings. The molecule has 0 aromatic carbocycles. The molecule has 2 rings (SSSR count). The van der Waals surface area contributed by atoms with Crippen LogP contribution in [0.1, 0.15) is 5.82 Å². The second-order valence-electron chi connectivity index (χ2n) is 2.94. The zero-order chi connectivity index (χ0) is 10.7. The standard InChI is InChI=1S/C8H9FN6/c1-15-5-13-14-7(15)4-12-8-10-2-6(9)3-11-8/h2-3,5H,4H2,1H3,(H,10,11,12). The van der Waals surface area contributed by atoms with Crippen LogP contribution in [0.25, 0.3) is 0 Å². The highest BCUT2D eigenvalue weighted by Gasteiger charge is 2.01. The second-order valence-corrected chi connectivity index (χ2v) is 2.94. The van der Waals surface area contributed by atoms with Crippen molar-refractivity contribution in [3.8, 4) is 0 Å². The molecule has 7 heteroatoms. The lowest BCUT2D eigenvalue weighted by atomic mass is 10.5. The topological polar surface area (TPSA) is 68.5 Å². The molecule has 0 amide bonds. The van der Waals surface area contributed by atoms with Crippen molar-refractivity contribution in [1.82, 2.24) is 24.7 Å². The van der Waals surface area contributed by atoms with Crippen molar-refractivity contribution in [2.24, 2.45) is 7.05 Å². The Kier molecular flexibility index (Phi) is 2.53. The average Bonchev–Trinajstić information content (AvgIpc) is 2.63. The van der Waals surface area contributed by atoms with Gasteiger partial charge in [-0.25, -0.2) is 14.4 Å². The fraction of sp³-hybridized carbons (Fsp3) is 0.250. The van der Waals surface area contributed by atoms with E-state index in [0.29, 0.717) is 12.5 Å². The first-order chi connectivity index (χ1) is 7.25. The summed E-state index contributed by atoms with van der Waals surface area (Å²) in [5, 5.41) is 10.5. The van der Waals surface area contributed by atoms with E-state index in [0.717, 1.165) is 18.2 Å². The van der Waals surface area contributed by atoms with Crippen LogP contribution in [0.2, 0.25) is 0 Å². The Labute approximate surface area is 85.2 Å². The smallest absolute Gasteiger partial charge is 0.223 e. The Balaban J connectivity index is 1.99. The lowest BCUT2D eigenvalue weighted by molar-refractivity contribution is 0.614. The molecule has 0 aliphatic heterocycles. The molecule has 0 unspecified atom stereocenters. The molecule has 0 bridgehead atoms. The summed E-state index contributed by atoms with van der Waals surface area (Å²) >= 11 is 0. The Hall–Kier alpha value is -2.05. The van der Waals surface area contributed by atoms with Gasteiger partial charge in [0.05, 0.1) is 18.9 Å². The summed E-state index contributed by atoms with van der Waals surface area (Å²) in [4.78, 5) is 7.51. The number of nitrogens with zero attached hydrogens (tertiary/aromatic N) is 5. The first-order valence-corrected chi connectivity index (χ1v) is 4.30. The third-order valence-electron chi connectivity index (χ3n) is 1.83. The summed E-state index contributed by atoms with van der Waals surface area (Å²) in [5.41, 5.74) is 0. The number of hydrogen-bond donors (Lipinski definition) is 1. The summed E-state index contributed by atoms with van der Waals surface area (Å²) in [6.07, 6.45) is 3.81. The molecule has 0 atom stereocenters. The molecular formula is C8H9FN6. The number of rotatable bonds is 3. The van der Waals surface area contributed by atoms with Crippen LogP contribution in [-0.2, 0) is 13.6 Å². The zero-order valence-corrected chi connectivity index (χ0v) is 8.05. The fourth-order valence-corrected chi connectivity index (χ4v) is 1.03. The summed E-state index contributed by atoms with van der Waals surface area (Å²) < 4.78 is 14.3. The van der Waals surface area contributed by atoms with E-state index >= 15 is 0 Å². The molecule has 0 aliphatic carbocycles. The maximum atomic E-state index is 12.5. The van der Waals surface area contributed by atoms with Gasteiger partial charge >= 0.3 is 0 Å². The first-order valence-electron chi connectivity index (χ1n) is 4.30. The van der Waals surface area contributed by atoms with E-state index in [2.05, 4.69) is 25.5 Å². The van der Waals surface area contributed by atoms with E-state index in [-0.39, 0.29) is 0 Å². The second kappa shape index (κ2) is 3.99. The summed E-state index contributed by atoms with van der Waals surface area (Å²) in [6.45, 7) is 0.447. The van der Waals surface area contributed by atoms with Crippen LogP contribution < -0.4 is 5.32 Å². The maximum Gasteiger partial charge on any atom is 0.223 e. The minimum Gasteiger partial charge on any atom is -0.347 e. The molecule has 0 spiro atoms. The van der Waals surface area contributed by atoms with E-state index in [1.807, 2.05) is 7.05 Å². The van der Waals surface area contributed by atoms with E-state index in [1.165, 1.54) is 0 Å². The number of aryl methyl sites for hydroxylation is 1. The number of anilines is 1. The molecule has 2 aromatic rings. The number of halogens is 1. The fourth-order valence-electron chi connectivity index (χ4n) is 1.03. The van der Waals surface area contributed by atoms with Crippen molar-refractivity contribution < 1.29 is 4.39 Å². The van der Waals surface area contributed by atoms with Crippen LogP contribution in [-0.4, -0.2) is 24.7 Å². The quantitative estimate of drug-likeness (QED) is 0.788. The van der Waals surface area contributed by atoms with Gasteiger partial charge in [0.15, 0.2) is 11.6 Å². The lowest BCUT2D eigenvalue weighted by Crippen LogP contribution is -2.08. The molecule has 1 N–H and O–H groups in total. The average molecular weight is 208 g/mol. The van der Waals surface area contributed by atoms with Gasteiger partial charge in [-0.05, 0) is 0 Å². The maximum absolute atomic E-state index is 12.5. The van der Waals surface area contributed by atoms with Crippen LogP contribution in [0, 0.1) is 5.82 Å². The van der Waals surface area contributed by atoms with Crippen LogP contribution in [0.5, 0.6) is 0 Å². The van der Waals surface area contributed by atoms with Gasteiger partial charge in [-0.3, -0.25) is 0 Å². The Morgan fingerprint density at radius 1 is 1.40 bits per heavy atom. The molecule has 2 heterocycles. The molecule has 15 heavy (non-hydrogen) atoms. The minimum absolute atomic E-state index is 0.361. The molecule has 78 valence electrons. The van der Waals surface area contributed by atoms with Gasteiger partial charge in [-0.1, -0.05) is 0 Å². The predicted molar refractivity (Wildman–Crippen MR) is 50.3 cm³/mol. The zero-order valence-electron chi connectivity index (χ0n) is 8.05. The van der Waals surface area contributed by atoms with Crippen molar-refractivity contribution in [1.29, 1.82) is 0 Å². The molecular weight excluding hydrogens is 199 g/mol. The number of nitrogens with one attached hydrogen (secondary N) is 1. The predicted octanol–water partition coefficient (Wildman–Crippen LogP) is 0.356. The van der Waals surface area contributed by atoms with Crippen molar-refractivity contribution in [2.45, 2.75) is 6.54 Å². The van der Waals surface area contributed by atoms with Crippen LogP contribution in [0.15, 0.2) is 18.7 Å². The molecule has 0 saturated carbocycles. The number of hydrogen-bond acceptors (Lipinski definition) is 5. The Morgan fingerprint density at radius 3 is 2.73 bits per heavy atom. The SMILES string of the molecule is Cn1cnnc1CNc1ncc(F)cn1. The van der Waals surface area contributed by atoms with Gasteiger partial charge in [-0.15, -0.1) is 10.2 Å². The monoisotopic (exact) mass is 208 g/mol. The van der Waals surface area contributed by atoms with E-state index in [1.54, 1.807) is 10.9 Å². The van der Waals surface area contributed by atoms with Gasteiger partial charge in [-0.2, -0.15) is 0 Å².